The van der Waals surface area contributed by atoms with Crippen LogP contribution in [-0.4, -0.2) is 42.5 Å². The molecule has 1 saturated heterocycles. The van der Waals surface area contributed by atoms with Gasteiger partial charge in [0, 0.05) is 30.6 Å². The fraction of sp³-hybridized carbons (Fsp3) is 0.450. The van der Waals surface area contributed by atoms with Crippen LogP contribution in [0.15, 0.2) is 41.8 Å². The standard InChI is InChI=1S/C20H26N2O2S/c1-16(19-6-5-13-25-19)21(2)14-17-7-9-18(10-8-17)24-15-20(23)22-11-3-4-12-22/h5-10,13,16H,3-4,11-12,14-15H2,1-2H3. The van der Waals surface area contributed by atoms with E-state index < -0.39 is 0 Å². The average molecular weight is 359 g/mol. The Hall–Kier alpha value is -1.85. The molecule has 2 aromatic rings. The highest BCUT2D eigenvalue weighted by molar-refractivity contribution is 7.10. The maximum Gasteiger partial charge on any atom is 0.260 e. The zero-order chi connectivity index (χ0) is 17.6. The highest BCUT2D eigenvalue weighted by Crippen LogP contribution is 2.25. The fourth-order valence-electron chi connectivity index (χ4n) is 3.07. The summed E-state index contributed by atoms with van der Waals surface area (Å²) in [6.45, 7) is 4.99. The van der Waals surface area contributed by atoms with Gasteiger partial charge >= 0.3 is 0 Å². The minimum atomic E-state index is 0.0890. The van der Waals surface area contributed by atoms with Gasteiger partial charge in [-0.25, -0.2) is 0 Å². The first-order valence-corrected chi connectivity index (χ1v) is 9.74. The summed E-state index contributed by atoms with van der Waals surface area (Å²) < 4.78 is 5.64. The molecule has 25 heavy (non-hydrogen) atoms. The molecule has 1 aromatic heterocycles. The molecule has 1 aliphatic heterocycles. The second kappa shape index (κ2) is 8.50. The maximum atomic E-state index is 12.0. The van der Waals surface area contributed by atoms with Crippen LogP contribution in [0, 0.1) is 0 Å². The van der Waals surface area contributed by atoms with Crippen LogP contribution in [-0.2, 0) is 11.3 Å². The zero-order valence-corrected chi connectivity index (χ0v) is 15.8. The molecule has 1 unspecified atom stereocenters. The van der Waals surface area contributed by atoms with Crippen LogP contribution in [0.2, 0.25) is 0 Å². The summed E-state index contributed by atoms with van der Waals surface area (Å²) >= 11 is 1.79. The van der Waals surface area contributed by atoms with Crippen molar-refractivity contribution in [1.29, 1.82) is 0 Å². The van der Waals surface area contributed by atoms with Crippen LogP contribution < -0.4 is 4.74 Å². The molecule has 134 valence electrons. The van der Waals surface area contributed by atoms with Crippen molar-refractivity contribution in [3.05, 3.63) is 52.2 Å². The normalized spacial score (nSPS) is 15.6. The third-order valence-corrected chi connectivity index (χ3v) is 5.84. The molecule has 1 aliphatic rings. The number of carbonyl (C=O) groups excluding carboxylic acids is 1. The van der Waals surface area contributed by atoms with Crippen LogP contribution in [0.4, 0.5) is 0 Å². The SMILES string of the molecule is CC(c1cccs1)N(C)Cc1ccc(OCC(=O)N2CCCC2)cc1. The van der Waals surface area contributed by atoms with E-state index in [1.165, 1.54) is 10.4 Å². The molecule has 0 aliphatic carbocycles. The molecule has 1 fully saturated rings. The molecule has 5 heteroatoms. The lowest BCUT2D eigenvalue weighted by Crippen LogP contribution is -2.32. The molecule has 0 radical (unpaired) electrons. The van der Waals surface area contributed by atoms with E-state index in [1.54, 1.807) is 11.3 Å². The molecular weight excluding hydrogens is 332 g/mol. The number of amides is 1. The predicted octanol–water partition coefficient (Wildman–Crippen LogP) is 3.94. The minimum absolute atomic E-state index is 0.0890. The largest absolute Gasteiger partial charge is 0.484 e. The smallest absolute Gasteiger partial charge is 0.260 e. The van der Waals surface area contributed by atoms with Gasteiger partial charge in [-0.2, -0.15) is 0 Å². The Kier molecular flexibility index (Phi) is 6.10. The predicted molar refractivity (Wildman–Crippen MR) is 102 cm³/mol. The van der Waals surface area contributed by atoms with E-state index in [0.29, 0.717) is 6.04 Å². The van der Waals surface area contributed by atoms with Gasteiger partial charge in [-0.1, -0.05) is 18.2 Å². The second-order valence-corrected chi connectivity index (χ2v) is 7.61. The lowest BCUT2D eigenvalue weighted by atomic mass is 10.1. The van der Waals surface area contributed by atoms with Crippen LogP contribution in [0.1, 0.15) is 36.2 Å². The highest BCUT2D eigenvalue weighted by Gasteiger charge is 2.18. The Balaban J connectivity index is 1.49. The van der Waals surface area contributed by atoms with Crippen LogP contribution in [0.3, 0.4) is 0 Å². The number of benzene rings is 1. The Morgan fingerprint density at radius 3 is 2.60 bits per heavy atom. The van der Waals surface area contributed by atoms with Gasteiger partial charge in [0.1, 0.15) is 5.75 Å². The summed E-state index contributed by atoms with van der Waals surface area (Å²) in [5.41, 5.74) is 1.24. The van der Waals surface area contributed by atoms with E-state index in [2.05, 4.69) is 48.5 Å². The van der Waals surface area contributed by atoms with E-state index in [0.717, 1.165) is 38.2 Å². The summed E-state index contributed by atoms with van der Waals surface area (Å²) in [5, 5.41) is 2.12. The van der Waals surface area contributed by atoms with Crippen molar-refractivity contribution >= 4 is 17.2 Å². The van der Waals surface area contributed by atoms with Gasteiger partial charge in [-0.15, -0.1) is 11.3 Å². The molecule has 1 amide bonds. The molecular formula is C20H26N2O2S. The summed E-state index contributed by atoms with van der Waals surface area (Å²) in [5.74, 6) is 0.844. The summed E-state index contributed by atoms with van der Waals surface area (Å²) in [7, 11) is 2.14. The highest BCUT2D eigenvalue weighted by atomic mass is 32.1. The number of nitrogens with zero attached hydrogens (tertiary/aromatic N) is 2. The number of likely N-dealkylation sites (tertiary alicyclic amines) is 1. The van der Waals surface area contributed by atoms with Gasteiger partial charge in [0.2, 0.25) is 0 Å². The molecule has 2 heterocycles. The van der Waals surface area contributed by atoms with E-state index >= 15 is 0 Å². The summed E-state index contributed by atoms with van der Waals surface area (Å²) in [6, 6.07) is 12.7. The first kappa shape index (κ1) is 18.0. The molecule has 3 rings (SSSR count). The Labute approximate surface area is 154 Å². The zero-order valence-electron chi connectivity index (χ0n) is 15.0. The van der Waals surface area contributed by atoms with Crippen molar-refractivity contribution in [2.45, 2.75) is 32.4 Å². The first-order valence-electron chi connectivity index (χ1n) is 8.86. The van der Waals surface area contributed by atoms with Crippen LogP contribution in [0.25, 0.3) is 0 Å². The topological polar surface area (TPSA) is 32.8 Å². The lowest BCUT2D eigenvalue weighted by Gasteiger charge is -2.24. The van der Waals surface area contributed by atoms with Gasteiger partial charge in [0.15, 0.2) is 6.61 Å². The fourth-order valence-corrected chi connectivity index (χ4v) is 3.91. The van der Waals surface area contributed by atoms with Crippen molar-refractivity contribution in [3.63, 3.8) is 0 Å². The summed E-state index contributed by atoms with van der Waals surface area (Å²) in [6.07, 6.45) is 2.22. The Morgan fingerprint density at radius 2 is 1.96 bits per heavy atom. The van der Waals surface area contributed by atoms with E-state index in [9.17, 15) is 4.79 Å². The number of hydrogen-bond donors (Lipinski definition) is 0. The molecule has 1 atom stereocenters. The van der Waals surface area contributed by atoms with Gasteiger partial charge in [0.25, 0.3) is 5.91 Å². The van der Waals surface area contributed by atoms with E-state index in [-0.39, 0.29) is 12.5 Å². The molecule has 0 N–H and O–H groups in total. The van der Waals surface area contributed by atoms with Gasteiger partial charge in [0.05, 0.1) is 0 Å². The first-order chi connectivity index (χ1) is 12.1. The second-order valence-electron chi connectivity index (χ2n) is 6.63. The molecule has 1 aromatic carbocycles. The number of thiophene rings is 1. The maximum absolute atomic E-state index is 12.0. The van der Waals surface area contributed by atoms with Crippen molar-refractivity contribution in [1.82, 2.24) is 9.80 Å². The minimum Gasteiger partial charge on any atom is -0.484 e. The monoisotopic (exact) mass is 358 g/mol. The number of hydrogen-bond acceptors (Lipinski definition) is 4. The van der Waals surface area contributed by atoms with Gasteiger partial charge in [-0.3, -0.25) is 9.69 Å². The molecule has 0 bridgehead atoms. The Bertz CT molecular complexity index is 664. The van der Waals surface area contributed by atoms with Gasteiger partial charge < -0.3 is 9.64 Å². The van der Waals surface area contributed by atoms with Crippen molar-refractivity contribution in [2.24, 2.45) is 0 Å². The average Bonchev–Trinajstić information content (AvgIpc) is 3.33. The van der Waals surface area contributed by atoms with Crippen molar-refractivity contribution in [2.75, 3.05) is 26.7 Å². The third-order valence-electron chi connectivity index (χ3n) is 4.79. The quantitative estimate of drug-likeness (QED) is 0.751. The van der Waals surface area contributed by atoms with Gasteiger partial charge in [-0.05, 0) is 56.0 Å². The number of carbonyl (C=O) groups is 1. The third kappa shape index (κ3) is 4.83. The summed E-state index contributed by atoms with van der Waals surface area (Å²) in [4.78, 5) is 17.6. The van der Waals surface area contributed by atoms with Crippen LogP contribution in [0.5, 0.6) is 5.75 Å². The molecule has 4 nitrogen and oxygen atoms in total. The number of ether oxygens (including phenoxy) is 1. The van der Waals surface area contributed by atoms with Crippen molar-refractivity contribution in [3.8, 4) is 5.75 Å². The van der Waals surface area contributed by atoms with Crippen LogP contribution >= 0.6 is 11.3 Å². The van der Waals surface area contributed by atoms with Crippen molar-refractivity contribution < 1.29 is 9.53 Å². The molecule has 0 spiro atoms. The van der Waals surface area contributed by atoms with E-state index in [1.807, 2.05) is 17.0 Å². The number of rotatable bonds is 7. The van der Waals surface area contributed by atoms with E-state index in [4.69, 9.17) is 4.74 Å². The Morgan fingerprint density at radius 1 is 1.24 bits per heavy atom. The lowest BCUT2D eigenvalue weighted by molar-refractivity contribution is -0.132. The molecule has 0 saturated carbocycles.